The van der Waals surface area contributed by atoms with Gasteiger partial charge in [0, 0.05) is 24.0 Å². The van der Waals surface area contributed by atoms with E-state index in [2.05, 4.69) is 0 Å². The molecule has 21 heavy (non-hydrogen) atoms. The molecule has 1 aromatic heterocycles. The van der Waals surface area contributed by atoms with Gasteiger partial charge in [-0.15, -0.1) is 11.3 Å². The fraction of sp³-hybridized carbons (Fsp3) is 0.385. The molecule has 2 rings (SSSR count). The first-order valence-corrected chi connectivity index (χ1v) is 9.02. The number of amides is 1. The lowest BCUT2D eigenvalue weighted by molar-refractivity contribution is -0.131. The van der Waals surface area contributed by atoms with Crippen LogP contribution in [-0.4, -0.2) is 54.9 Å². The molecule has 0 bridgehead atoms. The Hall–Kier alpha value is -1.67. The highest BCUT2D eigenvalue weighted by molar-refractivity contribution is 7.91. The van der Waals surface area contributed by atoms with Crippen molar-refractivity contribution in [3.05, 3.63) is 28.0 Å². The SMILES string of the molecule is O=C(O)/C=C/c1ccc(C(=O)N2CCCS(=O)(=O)CC2)s1. The Kier molecular flexibility index (Phi) is 4.79. The number of thiophene rings is 1. The Morgan fingerprint density at radius 3 is 2.71 bits per heavy atom. The summed E-state index contributed by atoms with van der Waals surface area (Å²) in [6.07, 6.45) is 2.89. The first-order chi connectivity index (χ1) is 9.87. The minimum Gasteiger partial charge on any atom is -0.478 e. The standard InChI is InChI=1S/C13H15NO5S2/c15-12(16)5-3-10-2-4-11(20-10)13(17)14-6-1-8-21(18,19)9-7-14/h2-5H,1,6-9H2,(H,15,16)/b5-3+. The molecule has 1 aliphatic heterocycles. The number of carbonyl (C=O) groups is 2. The average Bonchev–Trinajstić information content (AvgIpc) is 2.80. The molecule has 0 atom stereocenters. The van der Waals surface area contributed by atoms with Gasteiger partial charge in [0.2, 0.25) is 0 Å². The summed E-state index contributed by atoms with van der Waals surface area (Å²) in [5.41, 5.74) is 0. The van der Waals surface area contributed by atoms with Gasteiger partial charge in [-0.3, -0.25) is 4.79 Å². The number of carboxylic acid groups (broad SMARTS) is 1. The quantitative estimate of drug-likeness (QED) is 0.839. The van der Waals surface area contributed by atoms with Crippen LogP contribution < -0.4 is 0 Å². The summed E-state index contributed by atoms with van der Waals surface area (Å²) in [5, 5.41) is 8.56. The Balaban J connectivity index is 2.08. The molecule has 0 saturated carbocycles. The van der Waals surface area contributed by atoms with Gasteiger partial charge >= 0.3 is 5.97 Å². The summed E-state index contributed by atoms with van der Waals surface area (Å²) in [5.74, 6) is -1.13. The first-order valence-electron chi connectivity index (χ1n) is 6.38. The van der Waals surface area contributed by atoms with E-state index in [-0.39, 0.29) is 24.0 Å². The van der Waals surface area contributed by atoms with E-state index in [1.807, 2.05) is 0 Å². The monoisotopic (exact) mass is 329 g/mol. The lowest BCUT2D eigenvalue weighted by atomic mass is 10.3. The van der Waals surface area contributed by atoms with Crippen LogP contribution in [0.25, 0.3) is 6.08 Å². The molecule has 8 heteroatoms. The van der Waals surface area contributed by atoms with Gasteiger partial charge in [-0.05, 0) is 24.6 Å². The molecule has 6 nitrogen and oxygen atoms in total. The maximum atomic E-state index is 12.3. The number of rotatable bonds is 3. The number of carboxylic acids is 1. The van der Waals surface area contributed by atoms with Gasteiger partial charge in [0.05, 0.1) is 16.4 Å². The zero-order valence-corrected chi connectivity index (χ0v) is 12.8. The summed E-state index contributed by atoms with van der Waals surface area (Å²) in [6, 6.07) is 3.31. The number of carbonyl (C=O) groups excluding carboxylic acids is 1. The largest absolute Gasteiger partial charge is 0.478 e. The van der Waals surface area contributed by atoms with Crippen molar-refractivity contribution in [2.24, 2.45) is 0 Å². The number of hydrogen-bond acceptors (Lipinski definition) is 5. The summed E-state index contributed by atoms with van der Waals surface area (Å²) in [6.45, 7) is 0.635. The Morgan fingerprint density at radius 2 is 2.00 bits per heavy atom. The average molecular weight is 329 g/mol. The van der Waals surface area contributed by atoms with E-state index in [0.29, 0.717) is 22.7 Å². The predicted octanol–water partition coefficient (Wildman–Crippen LogP) is 1.11. The second-order valence-electron chi connectivity index (χ2n) is 4.67. The minimum absolute atomic E-state index is 0.00408. The Bertz CT molecular complexity index is 674. The highest BCUT2D eigenvalue weighted by Gasteiger charge is 2.24. The maximum Gasteiger partial charge on any atom is 0.328 e. The fourth-order valence-corrected chi connectivity index (χ4v) is 4.16. The molecule has 1 fully saturated rings. The van der Waals surface area contributed by atoms with Crippen LogP contribution in [0.4, 0.5) is 0 Å². The highest BCUT2D eigenvalue weighted by atomic mass is 32.2. The molecule has 1 amide bonds. The van der Waals surface area contributed by atoms with E-state index < -0.39 is 15.8 Å². The van der Waals surface area contributed by atoms with Crippen LogP contribution in [0.3, 0.4) is 0 Å². The summed E-state index contributed by atoms with van der Waals surface area (Å²) >= 11 is 1.19. The van der Waals surface area contributed by atoms with E-state index in [4.69, 9.17) is 5.11 Å². The van der Waals surface area contributed by atoms with Crippen molar-refractivity contribution in [3.8, 4) is 0 Å². The molecular formula is C13H15NO5S2. The van der Waals surface area contributed by atoms with Gasteiger partial charge in [-0.25, -0.2) is 13.2 Å². The molecule has 0 aromatic carbocycles. The third kappa shape index (κ3) is 4.40. The third-order valence-corrected chi connectivity index (χ3v) is 5.82. The normalized spacial score (nSPS) is 18.6. The molecule has 0 unspecified atom stereocenters. The van der Waals surface area contributed by atoms with Crippen LogP contribution >= 0.6 is 11.3 Å². The van der Waals surface area contributed by atoms with Crippen molar-refractivity contribution in [2.45, 2.75) is 6.42 Å². The van der Waals surface area contributed by atoms with E-state index in [0.717, 1.165) is 6.08 Å². The van der Waals surface area contributed by atoms with Crippen LogP contribution in [0.5, 0.6) is 0 Å². The van der Waals surface area contributed by atoms with Gasteiger partial charge in [0.1, 0.15) is 0 Å². The van der Waals surface area contributed by atoms with Crippen LogP contribution in [-0.2, 0) is 14.6 Å². The smallest absolute Gasteiger partial charge is 0.328 e. The van der Waals surface area contributed by atoms with Crippen LogP contribution in [0.1, 0.15) is 21.0 Å². The third-order valence-electron chi connectivity index (χ3n) is 3.07. The second-order valence-corrected chi connectivity index (χ2v) is 8.09. The van der Waals surface area contributed by atoms with Gasteiger partial charge < -0.3 is 10.0 Å². The number of sulfone groups is 1. The maximum absolute atomic E-state index is 12.3. The van der Waals surface area contributed by atoms with Crippen molar-refractivity contribution in [3.63, 3.8) is 0 Å². The summed E-state index contributed by atoms with van der Waals surface area (Å²) < 4.78 is 23.1. The molecule has 1 aromatic rings. The van der Waals surface area contributed by atoms with E-state index >= 15 is 0 Å². The Morgan fingerprint density at radius 1 is 1.24 bits per heavy atom. The summed E-state index contributed by atoms with van der Waals surface area (Å²) in [4.78, 5) is 25.5. The lowest BCUT2D eigenvalue weighted by Crippen LogP contribution is -2.33. The van der Waals surface area contributed by atoms with Crippen molar-refractivity contribution >= 4 is 39.1 Å². The predicted molar refractivity (Wildman–Crippen MR) is 80.2 cm³/mol. The van der Waals surface area contributed by atoms with E-state index in [1.54, 1.807) is 17.0 Å². The van der Waals surface area contributed by atoms with E-state index in [9.17, 15) is 18.0 Å². The zero-order chi connectivity index (χ0) is 15.5. The molecule has 0 spiro atoms. The Labute approximate surface area is 126 Å². The van der Waals surface area contributed by atoms with Gasteiger partial charge in [0.25, 0.3) is 5.91 Å². The molecule has 2 heterocycles. The van der Waals surface area contributed by atoms with Crippen LogP contribution in [0.15, 0.2) is 18.2 Å². The molecule has 114 valence electrons. The summed E-state index contributed by atoms with van der Waals surface area (Å²) in [7, 11) is -3.05. The van der Waals surface area contributed by atoms with Crippen molar-refractivity contribution in [1.82, 2.24) is 4.90 Å². The van der Waals surface area contributed by atoms with Crippen molar-refractivity contribution < 1.29 is 23.1 Å². The molecule has 1 aliphatic rings. The number of aliphatic carboxylic acids is 1. The molecular weight excluding hydrogens is 314 g/mol. The minimum atomic E-state index is -3.05. The number of hydrogen-bond donors (Lipinski definition) is 1. The van der Waals surface area contributed by atoms with Gasteiger partial charge in [-0.1, -0.05) is 0 Å². The van der Waals surface area contributed by atoms with Crippen molar-refractivity contribution in [1.29, 1.82) is 0 Å². The molecule has 0 aliphatic carbocycles. The molecule has 1 saturated heterocycles. The topological polar surface area (TPSA) is 91.8 Å². The first kappa shape index (κ1) is 15.7. The van der Waals surface area contributed by atoms with Gasteiger partial charge in [0.15, 0.2) is 9.84 Å². The molecule has 0 radical (unpaired) electrons. The van der Waals surface area contributed by atoms with E-state index in [1.165, 1.54) is 17.4 Å². The zero-order valence-electron chi connectivity index (χ0n) is 11.2. The molecule has 1 N–H and O–H groups in total. The number of nitrogens with zero attached hydrogens (tertiary/aromatic N) is 1. The van der Waals surface area contributed by atoms with Gasteiger partial charge in [-0.2, -0.15) is 0 Å². The lowest BCUT2D eigenvalue weighted by Gasteiger charge is -2.18. The van der Waals surface area contributed by atoms with Crippen LogP contribution in [0.2, 0.25) is 0 Å². The van der Waals surface area contributed by atoms with Crippen molar-refractivity contribution in [2.75, 3.05) is 24.6 Å². The fourth-order valence-electron chi connectivity index (χ4n) is 2.01. The van der Waals surface area contributed by atoms with Crippen LogP contribution in [0, 0.1) is 0 Å². The second kappa shape index (κ2) is 6.40. The highest BCUT2D eigenvalue weighted by Crippen LogP contribution is 2.20.